The molecule has 0 atom stereocenters. The van der Waals surface area contributed by atoms with E-state index in [-0.39, 0.29) is 36.0 Å². The van der Waals surface area contributed by atoms with Crippen molar-refractivity contribution in [3.63, 3.8) is 0 Å². The van der Waals surface area contributed by atoms with Gasteiger partial charge in [-0.15, -0.1) is 22.7 Å². The molecule has 194 valence electrons. The molecule has 12 nitrogen and oxygen atoms in total. The summed E-state index contributed by atoms with van der Waals surface area (Å²) >= 11 is 2.54. The van der Waals surface area contributed by atoms with Crippen molar-refractivity contribution in [2.45, 2.75) is 65.2 Å². The predicted octanol–water partition coefficient (Wildman–Crippen LogP) is 4.69. The number of hydrogen-bond donors (Lipinski definition) is 2. The Morgan fingerprint density at radius 3 is 1.50 bits per heavy atom. The van der Waals surface area contributed by atoms with Crippen LogP contribution in [0.1, 0.15) is 71.9 Å². The molecule has 0 saturated heterocycles. The SMILES string of the molecule is CCc1sc(/C=N\NC(=O)CCCCCCC(=O)N/N=C\c2cc([N+](=O)[O-])c(CC)s2)cc1[N+](=O)[O-]. The number of hydrogen-bond acceptors (Lipinski definition) is 10. The van der Waals surface area contributed by atoms with Crippen molar-refractivity contribution >= 4 is 58.3 Å². The van der Waals surface area contributed by atoms with Crippen molar-refractivity contribution in [2.24, 2.45) is 10.2 Å². The third-order valence-electron chi connectivity index (χ3n) is 4.97. The van der Waals surface area contributed by atoms with E-state index >= 15 is 0 Å². The van der Waals surface area contributed by atoms with Gasteiger partial charge in [-0.2, -0.15) is 10.2 Å². The molecule has 2 rings (SSSR count). The first-order chi connectivity index (χ1) is 17.2. The normalized spacial score (nSPS) is 11.3. The van der Waals surface area contributed by atoms with Crippen LogP contribution in [0.25, 0.3) is 0 Å². The zero-order chi connectivity index (χ0) is 26.5. The van der Waals surface area contributed by atoms with E-state index in [1.54, 1.807) is 0 Å². The molecule has 2 N–H and O–H groups in total. The molecule has 2 heterocycles. The molecule has 0 spiro atoms. The number of aryl methyl sites for hydroxylation is 2. The van der Waals surface area contributed by atoms with Crippen LogP contribution in [0, 0.1) is 20.2 Å². The molecule has 2 aromatic rings. The van der Waals surface area contributed by atoms with Crippen molar-refractivity contribution in [1.29, 1.82) is 0 Å². The molecular weight excluding hydrogens is 508 g/mol. The van der Waals surface area contributed by atoms with Crippen LogP contribution in [0.5, 0.6) is 0 Å². The highest BCUT2D eigenvalue weighted by atomic mass is 32.1. The summed E-state index contributed by atoms with van der Waals surface area (Å²) in [7, 11) is 0. The Morgan fingerprint density at radius 1 is 0.806 bits per heavy atom. The van der Waals surface area contributed by atoms with Gasteiger partial charge >= 0.3 is 0 Å². The van der Waals surface area contributed by atoms with Crippen molar-refractivity contribution < 1.29 is 19.4 Å². The number of unbranched alkanes of at least 4 members (excludes halogenated alkanes) is 3. The Labute approximate surface area is 215 Å². The molecule has 2 aromatic heterocycles. The summed E-state index contributed by atoms with van der Waals surface area (Å²) in [6.45, 7) is 3.68. The molecule has 36 heavy (non-hydrogen) atoms. The molecule has 14 heteroatoms. The highest BCUT2D eigenvalue weighted by Gasteiger charge is 2.17. The minimum absolute atomic E-state index is 0.0649. The van der Waals surface area contributed by atoms with E-state index in [0.717, 1.165) is 12.8 Å². The molecule has 0 aromatic carbocycles. The standard InChI is InChI=1S/C22H28N6O6S2/c1-3-19-17(27(31)32)11-15(35-19)13-23-25-21(29)9-7-5-6-8-10-22(30)26-24-14-16-12-18(28(33)34)20(4-2)36-16/h11-14H,3-10H2,1-2H3,(H,25,29)(H,26,30)/b23-13-,24-14-. The van der Waals surface area contributed by atoms with E-state index in [9.17, 15) is 29.8 Å². The molecule has 0 fully saturated rings. The van der Waals surface area contributed by atoms with Gasteiger partial charge in [0.25, 0.3) is 11.4 Å². The first kappa shape index (κ1) is 28.7. The van der Waals surface area contributed by atoms with Gasteiger partial charge in [0.2, 0.25) is 11.8 Å². The Bertz CT molecular complexity index is 1050. The molecule has 0 bridgehead atoms. The monoisotopic (exact) mass is 536 g/mol. The van der Waals surface area contributed by atoms with Gasteiger partial charge in [0.1, 0.15) is 0 Å². The van der Waals surface area contributed by atoms with Gasteiger partial charge in [0.15, 0.2) is 0 Å². The summed E-state index contributed by atoms with van der Waals surface area (Å²) in [5.74, 6) is -0.500. The van der Waals surface area contributed by atoms with Crippen LogP contribution in [0.4, 0.5) is 11.4 Å². The van der Waals surface area contributed by atoms with Crippen LogP contribution in [0.2, 0.25) is 0 Å². The Kier molecular flexibility index (Phi) is 11.8. The van der Waals surface area contributed by atoms with Gasteiger partial charge < -0.3 is 0 Å². The van der Waals surface area contributed by atoms with Crippen LogP contribution < -0.4 is 10.9 Å². The van der Waals surface area contributed by atoms with Crippen LogP contribution in [0.15, 0.2) is 22.3 Å². The summed E-state index contributed by atoms with van der Waals surface area (Å²) < 4.78 is 0. The second-order valence-corrected chi connectivity index (χ2v) is 9.97. The number of nitro groups is 2. The van der Waals surface area contributed by atoms with Gasteiger partial charge in [0, 0.05) is 25.0 Å². The van der Waals surface area contributed by atoms with Crippen molar-refractivity contribution in [2.75, 3.05) is 0 Å². The molecule has 0 aliphatic heterocycles. The minimum Gasteiger partial charge on any atom is -0.273 e. The van der Waals surface area contributed by atoms with Gasteiger partial charge in [-0.1, -0.05) is 26.7 Å². The first-order valence-corrected chi connectivity index (χ1v) is 13.1. The lowest BCUT2D eigenvalue weighted by Crippen LogP contribution is -2.17. The van der Waals surface area contributed by atoms with Gasteiger partial charge in [-0.3, -0.25) is 29.8 Å². The summed E-state index contributed by atoms with van der Waals surface area (Å²) in [6.07, 6.45) is 7.29. The van der Waals surface area contributed by atoms with Crippen molar-refractivity contribution in [3.8, 4) is 0 Å². The van der Waals surface area contributed by atoms with Crippen LogP contribution in [-0.2, 0) is 22.4 Å². The molecule has 0 unspecified atom stereocenters. The maximum Gasteiger partial charge on any atom is 0.283 e. The van der Waals surface area contributed by atoms with Crippen molar-refractivity contribution in [1.82, 2.24) is 10.9 Å². The predicted molar refractivity (Wildman–Crippen MR) is 140 cm³/mol. The first-order valence-electron chi connectivity index (χ1n) is 11.4. The number of nitrogens with one attached hydrogen (secondary N) is 2. The fourth-order valence-electron chi connectivity index (χ4n) is 3.19. The lowest BCUT2D eigenvalue weighted by molar-refractivity contribution is -0.385. The maximum absolute atomic E-state index is 11.9. The third-order valence-corrected chi connectivity index (χ3v) is 7.37. The smallest absolute Gasteiger partial charge is 0.273 e. The van der Waals surface area contributed by atoms with Gasteiger partial charge in [-0.05, 0) is 25.7 Å². The van der Waals surface area contributed by atoms with E-state index in [2.05, 4.69) is 21.1 Å². The fourth-order valence-corrected chi connectivity index (χ4v) is 5.08. The second-order valence-electron chi connectivity index (χ2n) is 7.64. The third kappa shape index (κ3) is 9.26. The Balaban J connectivity index is 1.59. The van der Waals surface area contributed by atoms with Gasteiger partial charge in [-0.25, -0.2) is 10.9 Å². The summed E-state index contributed by atoms with van der Waals surface area (Å²) in [5, 5.41) is 29.7. The van der Waals surface area contributed by atoms with Crippen LogP contribution in [0.3, 0.4) is 0 Å². The highest BCUT2D eigenvalue weighted by Crippen LogP contribution is 2.29. The number of rotatable bonds is 15. The molecular formula is C22H28N6O6S2. The van der Waals surface area contributed by atoms with E-state index in [1.807, 2.05) is 13.8 Å². The molecule has 0 aliphatic rings. The number of amides is 2. The summed E-state index contributed by atoms with van der Waals surface area (Å²) in [5.41, 5.74) is 4.97. The number of carbonyl (C=O) groups is 2. The average Bonchev–Trinajstić information content (AvgIpc) is 3.45. The van der Waals surface area contributed by atoms with E-state index in [4.69, 9.17) is 0 Å². The summed E-state index contributed by atoms with van der Waals surface area (Å²) in [6, 6.07) is 2.88. The fraction of sp³-hybridized carbons (Fsp3) is 0.455. The van der Waals surface area contributed by atoms with Gasteiger partial charge in [0.05, 0.1) is 41.8 Å². The number of hydrazone groups is 2. The van der Waals surface area contributed by atoms with E-state index in [0.29, 0.717) is 45.2 Å². The van der Waals surface area contributed by atoms with E-state index < -0.39 is 9.85 Å². The minimum atomic E-state index is -0.426. The lowest BCUT2D eigenvalue weighted by atomic mass is 10.1. The average molecular weight is 537 g/mol. The summed E-state index contributed by atoms with van der Waals surface area (Å²) in [4.78, 5) is 47.4. The Morgan fingerprint density at radius 2 is 1.19 bits per heavy atom. The van der Waals surface area contributed by atoms with Crippen molar-refractivity contribution in [3.05, 3.63) is 51.9 Å². The Hall–Kier alpha value is -3.52. The lowest BCUT2D eigenvalue weighted by Gasteiger charge is -2.01. The molecule has 2 amide bonds. The van der Waals surface area contributed by atoms with Crippen LogP contribution in [-0.4, -0.2) is 34.1 Å². The molecule has 0 aliphatic carbocycles. The van der Waals surface area contributed by atoms with Crippen LogP contribution >= 0.6 is 22.7 Å². The molecule has 0 saturated carbocycles. The highest BCUT2D eigenvalue weighted by molar-refractivity contribution is 7.14. The number of nitrogens with zero attached hydrogens (tertiary/aromatic N) is 4. The molecule has 0 radical (unpaired) electrons. The quantitative estimate of drug-likeness (QED) is 0.145. The number of carbonyl (C=O) groups excluding carboxylic acids is 2. The maximum atomic E-state index is 11.9. The van der Waals surface area contributed by atoms with E-state index in [1.165, 1.54) is 47.2 Å². The number of thiophene rings is 2. The zero-order valence-corrected chi connectivity index (χ0v) is 21.7. The topological polar surface area (TPSA) is 169 Å². The second kappa shape index (κ2) is 14.8. The zero-order valence-electron chi connectivity index (χ0n) is 20.0. The largest absolute Gasteiger partial charge is 0.283 e.